The van der Waals surface area contributed by atoms with Crippen LogP contribution in [0.3, 0.4) is 0 Å². The summed E-state index contributed by atoms with van der Waals surface area (Å²) in [5.41, 5.74) is 2.99. The van der Waals surface area contributed by atoms with Gasteiger partial charge in [0.15, 0.2) is 0 Å². The van der Waals surface area contributed by atoms with Gasteiger partial charge in [-0.1, -0.05) is 25.1 Å². The summed E-state index contributed by atoms with van der Waals surface area (Å²) in [6.45, 7) is 6.85. The maximum Gasteiger partial charge on any atom is 0.270 e. The number of piperazine rings is 1. The molecule has 0 spiro atoms. The van der Waals surface area contributed by atoms with Crippen molar-refractivity contribution in [2.75, 3.05) is 44.7 Å². The molecule has 0 unspecified atom stereocenters. The zero-order valence-electron chi connectivity index (χ0n) is 14.0. The third kappa shape index (κ3) is 3.40. The van der Waals surface area contributed by atoms with Gasteiger partial charge in [0.1, 0.15) is 5.69 Å². The molecule has 3 rings (SSSR count). The van der Waals surface area contributed by atoms with Crippen LogP contribution in [0.25, 0.3) is 10.9 Å². The number of aromatic amines is 1. The van der Waals surface area contributed by atoms with Gasteiger partial charge in [0.2, 0.25) is 0 Å². The van der Waals surface area contributed by atoms with E-state index in [-0.39, 0.29) is 5.91 Å². The number of rotatable bonds is 5. The number of para-hydroxylation sites is 1. The molecule has 2 aromatic rings. The summed E-state index contributed by atoms with van der Waals surface area (Å²) in [6.07, 6.45) is 3.01. The van der Waals surface area contributed by atoms with Crippen LogP contribution in [0.5, 0.6) is 0 Å². The van der Waals surface area contributed by atoms with E-state index in [1.807, 2.05) is 34.9 Å². The number of aromatic nitrogens is 1. The number of aryl methyl sites for hydroxylation is 1. The number of amides is 1. The standard InChI is InChI=1S/C18H25N3OS/c1-3-14-15-6-4-5-7-16(15)19-17(14)18(22)21-10-8-20(9-11-21)12-13-23-2/h4-7,19H,3,8-13H2,1-2H3. The Morgan fingerprint density at radius 2 is 1.96 bits per heavy atom. The van der Waals surface area contributed by atoms with Gasteiger partial charge in [-0.25, -0.2) is 0 Å². The Morgan fingerprint density at radius 1 is 1.22 bits per heavy atom. The zero-order chi connectivity index (χ0) is 16.2. The van der Waals surface area contributed by atoms with Crippen molar-refractivity contribution in [2.45, 2.75) is 13.3 Å². The van der Waals surface area contributed by atoms with Gasteiger partial charge in [-0.2, -0.15) is 11.8 Å². The van der Waals surface area contributed by atoms with E-state index >= 15 is 0 Å². The van der Waals surface area contributed by atoms with Crippen molar-refractivity contribution in [3.63, 3.8) is 0 Å². The fourth-order valence-corrected chi connectivity index (χ4v) is 3.74. The second-order valence-electron chi connectivity index (χ2n) is 6.00. The first-order valence-electron chi connectivity index (χ1n) is 8.34. The molecule has 1 saturated heterocycles. The summed E-state index contributed by atoms with van der Waals surface area (Å²) in [7, 11) is 0. The van der Waals surface area contributed by atoms with Crippen molar-refractivity contribution >= 4 is 28.6 Å². The maximum atomic E-state index is 12.9. The highest BCUT2D eigenvalue weighted by atomic mass is 32.2. The lowest BCUT2D eigenvalue weighted by Gasteiger charge is -2.34. The Bertz CT molecular complexity index is 674. The highest BCUT2D eigenvalue weighted by Crippen LogP contribution is 2.24. The van der Waals surface area contributed by atoms with Crippen LogP contribution in [0.4, 0.5) is 0 Å². The van der Waals surface area contributed by atoms with Crippen molar-refractivity contribution < 1.29 is 4.79 Å². The van der Waals surface area contributed by atoms with E-state index in [9.17, 15) is 4.79 Å². The van der Waals surface area contributed by atoms with Crippen molar-refractivity contribution in [3.05, 3.63) is 35.5 Å². The lowest BCUT2D eigenvalue weighted by molar-refractivity contribution is 0.0639. The first-order valence-corrected chi connectivity index (χ1v) is 9.74. The van der Waals surface area contributed by atoms with Crippen LogP contribution in [0.15, 0.2) is 24.3 Å². The minimum atomic E-state index is 0.155. The van der Waals surface area contributed by atoms with E-state index in [2.05, 4.69) is 29.1 Å². The first-order chi connectivity index (χ1) is 11.2. The van der Waals surface area contributed by atoms with Crippen molar-refractivity contribution in [1.82, 2.24) is 14.8 Å². The molecule has 0 radical (unpaired) electrons. The van der Waals surface area contributed by atoms with Gasteiger partial charge in [0, 0.05) is 49.4 Å². The van der Waals surface area contributed by atoms with E-state index in [1.165, 1.54) is 5.39 Å². The van der Waals surface area contributed by atoms with Crippen molar-refractivity contribution in [3.8, 4) is 0 Å². The number of benzene rings is 1. The summed E-state index contributed by atoms with van der Waals surface area (Å²) in [5.74, 6) is 1.32. The molecule has 0 bridgehead atoms. The molecule has 0 atom stereocenters. The highest BCUT2D eigenvalue weighted by Gasteiger charge is 2.25. The molecule has 1 fully saturated rings. The minimum absolute atomic E-state index is 0.155. The Hall–Kier alpha value is -1.46. The zero-order valence-corrected chi connectivity index (χ0v) is 14.8. The number of nitrogens with zero attached hydrogens (tertiary/aromatic N) is 2. The van der Waals surface area contributed by atoms with Gasteiger partial charge in [0.25, 0.3) is 5.91 Å². The molecule has 2 heterocycles. The molecule has 0 aliphatic carbocycles. The number of hydrogen-bond donors (Lipinski definition) is 1. The largest absolute Gasteiger partial charge is 0.350 e. The molecule has 1 aromatic heterocycles. The average molecular weight is 331 g/mol. The molecule has 23 heavy (non-hydrogen) atoms. The minimum Gasteiger partial charge on any atom is -0.350 e. The molecule has 0 saturated carbocycles. The van der Waals surface area contributed by atoms with E-state index in [0.29, 0.717) is 0 Å². The third-order valence-corrected chi connectivity index (χ3v) is 5.24. The topological polar surface area (TPSA) is 39.3 Å². The van der Waals surface area contributed by atoms with Gasteiger partial charge < -0.3 is 9.88 Å². The lowest BCUT2D eigenvalue weighted by Crippen LogP contribution is -2.49. The Balaban J connectivity index is 1.74. The monoisotopic (exact) mass is 331 g/mol. The highest BCUT2D eigenvalue weighted by molar-refractivity contribution is 7.98. The van der Waals surface area contributed by atoms with Gasteiger partial charge in [0.05, 0.1) is 0 Å². The van der Waals surface area contributed by atoms with E-state index in [1.54, 1.807) is 0 Å². The van der Waals surface area contributed by atoms with Gasteiger partial charge in [-0.3, -0.25) is 9.69 Å². The molecule has 1 aliphatic rings. The summed E-state index contributed by atoms with van der Waals surface area (Å²) >= 11 is 1.88. The molecule has 1 amide bonds. The number of H-pyrrole nitrogens is 1. The molecule has 1 aromatic carbocycles. The lowest BCUT2D eigenvalue weighted by atomic mass is 10.1. The predicted octanol–water partition coefficient (Wildman–Crippen LogP) is 2.85. The molecular weight excluding hydrogens is 306 g/mol. The molecule has 1 aliphatic heterocycles. The second-order valence-corrected chi connectivity index (χ2v) is 6.99. The molecule has 124 valence electrons. The number of carbonyl (C=O) groups is 1. The van der Waals surface area contributed by atoms with Crippen LogP contribution in [-0.4, -0.2) is 65.4 Å². The summed E-state index contributed by atoms with van der Waals surface area (Å²) < 4.78 is 0. The quantitative estimate of drug-likeness (QED) is 0.916. The van der Waals surface area contributed by atoms with Gasteiger partial charge in [-0.05, 0) is 24.3 Å². The predicted molar refractivity (Wildman–Crippen MR) is 98.4 cm³/mol. The smallest absolute Gasteiger partial charge is 0.270 e. The molecule has 5 heteroatoms. The molecular formula is C18H25N3OS. The normalized spacial score (nSPS) is 16.2. The van der Waals surface area contributed by atoms with E-state index in [0.717, 1.165) is 61.7 Å². The van der Waals surface area contributed by atoms with Crippen LogP contribution < -0.4 is 0 Å². The van der Waals surface area contributed by atoms with Crippen LogP contribution in [0.1, 0.15) is 23.0 Å². The average Bonchev–Trinajstić information content (AvgIpc) is 2.98. The van der Waals surface area contributed by atoms with E-state index in [4.69, 9.17) is 0 Å². The summed E-state index contributed by atoms with van der Waals surface area (Å²) in [5, 5.41) is 1.18. The molecule has 4 nitrogen and oxygen atoms in total. The van der Waals surface area contributed by atoms with Gasteiger partial charge >= 0.3 is 0 Å². The van der Waals surface area contributed by atoms with Gasteiger partial charge in [-0.15, -0.1) is 0 Å². The Labute approximate surface area is 142 Å². The van der Waals surface area contributed by atoms with Crippen molar-refractivity contribution in [2.24, 2.45) is 0 Å². The number of fused-ring (bicyclic) bond motifs is 1. The number of hydrogen-bond acceptors (Lipinski definition) is 3. The molecule has 1 N–H and O–H groups in total. The Morgan fingerprint density at radius 3 is 2.65 bits per heavy atom. The van der Waals surface area contributed by atoms with Crippen LogP contribution in [0.2, 0.25) is 0 Å². The fraction of sp³-hybridized carbons (Fsp3) is 0.500. The SMILES string of the molecule is CCc1c(C(=O)N2CCN(CCSC)CC2)[nH]c2ccccc12. The third-order valence-electron chi connectivity index (χ3n) is 4.65. The fourth-order valence-electron chi connectivity index (χ4n) is 3.30. The van der Waals surface area contributed by atoms with Crippen molar-refractivity contribution in [1.29, 1.82) is 0 Å². The number of carbonyl (C=O) groups excluding carboxylic acids is 1. The van der Waals surface area contributed by atoms with Crippen LogP contribution in [-0.2, 0) is 6.42 Å². The first kappa shape index (κ1) is 16.4. The number of thioether (sulfide) groups is 1. The second kappa shape index (κ2) is 7.41. The van der Waals surface area contributed by atoms with Crippen LogP contribution >= 0.6 is 11.8 Å². The summed E-state index contributed by atoms with van der Waals surface area (Å²) in [4.78, 5) is 20.7. The number of nitrogens with one attached hydrogen (secondary N) is 1. The summed E-state index contributed by atoms with van der Waals surface area (Å²) in [6, 6.07) is 8.19. The van der Waals surface area contributed by atoms with E-state index < -0.39 is 0 Å². The van der Waals surface area contributed by atoms with Crippen LogP contribution in [0, 0.1) is 0 Å². The Kier molecular flexibility index (Phi) is 5.28. The maximum absolute atomic E-state index is 12.9.